The lowest BCUT2D eigenvalue weighted by atomic mass is 9.94. The summed E-state index contributed by atoms with van der Waals surface area (Å²) in [7, 11) is 1.61. The average Bonchev–Trinajstić information content (AvgIpc) is 1.66. The predicted molar refractivity (Wildman–Crippen MR) is 508 cm³/mol. The van der Waals surface area contributed by atoms with Gasteiger partial charge in [-0.05, 0) is 190 Å². The number of carbonyl (C=O) groups is 9. The number of fused-ring (bicyclic) bond motifs is 2. The van der Waals surface area contributed by atoms with Gasteiger partial charge in [0, 0.05) is 130 Å². The summed E-state index contributed by atoms with van der Waals surface area (Å²) in [5.41, 5.74) is 8.29. The highest BCUT2D eigenvalue weighted by atomic mass is 79.9. The Morgan fingerprint density at radius 2 is 0.794 bits per heavy atom. The number of rotatable bonds is 26. The molecule has 1 aromatic heterocycles. The van der Waals surface area contributed by atoms with Crippen molar-refractivity contribution in [2.75, 3.05) is 82.4 Å². The summed E-state index contributed by atoms with van der Waals surface area (Å²) in [6.07, 6.45) is -10.5. The van der Waals surface area contributed by atoms with Gasteiger partial charge in [-0.15, -0.1) is 0 Å². The average molecular weight is 2080 g/mol. The molecule has 5 aliphatic heterocycles. The molecule has 131 heavy (non-hydrogen) atoms. The molecule has 35 heteroatoms. The zero-order valence-corrected chi connectivity index (χ0v) is 80.0. The smallest absolute Gasteiger partial charge is 0.254 e. The van der Waals surface area contributed by atoms with Gasteiger partial charge >= 0.3 is 0 Å². The Hall–Kier alpha value is -10.2. The quantitative estimate of drug-likeness (QED) is 0.0240. The third kappa shape index (κ3) is 27.3. The second kappa shape index (κ2) is 48.0. The number of nitrogens with one attached hydrogen (secondary N) is 5. The molecule has 5 aliphatic rings. The number of ether oxygens (including phenoxy) is 2. The topological polar surface area (TPSA) is 417 Å². The van der Waals surface area contributed by atoms with E-state index in [0.29, 0.717) is 108 Å². The monoisotopic (exact) mass is 2070 g/mol. The number of piperidine rings is 3. The number of aromatic amines is 1. The van der Waals surface area contributed by atoms with Crippen LogP contribution in [0, 0.1) is 0 Å². The Morgan fingerprint density at radius 3 is 1.21 bits per heavy atom. The zero-order chi connectivity index (χ0) is 94.4. The van der Waals surface area contributed by atoms with Crippen molar-refractivity contribution in [2.24, 2.45) is 0 Å². The summed E-state index contributed by atoms with van der Waals surface area (Å²) in [5.74, 6) is -4.25. The van der Waals surface area contributed by atoms with E-state index in [-0.39, 0.29) is 30.0 Å². The number of likely N-dealkylation sites (tertiary alicyclic amines) is 3. The van der Waals surface area contributed by atoms with Crippen molar-refractivity contribution in [3.05, 3.63) is 257 Å². The molecule has 0 radical (unpaired) electrons. The van der Waals surface area contributed by atoms with Gasteiger partial charge in [0.2, 0.25) is 5.91 Å². The van der Waals surface area contributed by atoms with E-state index in [1.165, 1.54) is 14.7 Å². The van der Waals surface area contributed by atoms with E-state index < -0.39 is 114 Å². The number of amides is 9. The largest absolute Gasteiger partial charge is 0.495 e. The normalized spacial score (nSPS) is 18.1. The van der Waals surface area contributed by atoms with E-state index in [4.69, 9.17) is 21.1 Å². The molecule has 0 aliphatic carbocycles. The van der Waals surface area contributed by atoms with Crippen molar-refractivity contribution in [3.63, 3.8) is 0 Å². The first kappa shape index (κ1) is 101. The van der Waals surface area contributed by atoms with Crippen LogP contribution < -0.4 is 40.5 Å². The van der Waals surface area contributed by atoms with Crippen molar-refractivity contribution in [2.45, 2.75) is 164 Å². The molecular formula is C96H110Br4ClN11O19. The number of H-pyrrole nitrogens is 1. The van der Waals surface area contributed by atoms with Gasteiger partial charge in [0.25, 0.3) is 47.3 Å². The third-order valence-electron chi connectivity index (χ3n) is 23.8. The van der Waals surface area contributed by atoms with Crippen LogP contribution in [-0.4, -0.2) is 252 Å². The van der Waals surface area contributed by atoms with Crippen molar-refractivity contribution < 1.29 is 93.5 Å². The number of methoxy groups -OCH3 is 1. The molecule has 30 nitrogen and oxygen atoms in total. The molecule has 9 amide bonds. The molecule has 13 N–H and O–H groups in total. The van der Waals surface area contributed by atoms with Gasteiger partial charge in [-0.2, -0.15) is 0 Å². The van der Waals surface area contributed by atoms with Crippen LogP contribution >= 0.6 is 75.3 Å². The van der Waals surface area contributed by atoms with Crippen LogP contribution in [0.1, 0.15) is 130 Å². The van der Waals surface area contributed by atoms with Gasteiger partial charge in [-0.1, -0.05) is 172 Å². The highest BCUT2D eigenvalue weighted by Gasteiger charge is 2.42. The standard InChI is InChI=1S/C25H28BrN3O5.C25H28BrN3O4.C23H26BrClN2O5.C23H28BrN3O5/c1-15(16-6-8-18(26)9-7-16)27-24(33)22(31)23(32)25(34)28-12-10-19(11-13-28)29-20-5-3-2-4-17(20)14-21(29)30;1-15(16-8-10-19(26)11-9-16)27-24(32)22(30)23(31)25(33)29-12-4-6-18(14-29)21-13-17-5-2-3-7-20(17)28-21;1-14(15-2-4-16(24)5-3-15)26-22(30)20(28)21(29)23(31)27-12-10-19(11-13-27)32-18-8-6-17(25)7-9-18;1-15(16-7-9-17(24)10-8-16)25-22(30)20(28)21(29)23(31)27-13-11-26(12-14-27)18-5-3-4-6-19(18)32-2/h2-9,15,19,22-23,31-32H,10-14H2,1H3,(H,27,33);2-3,5,7-11,13,15,18,22-23,28,30-31H,4,6,12,14H2,1H3,(H,27,32);2-9,14,19-21,28-29H,10-13H2,1H3,(H,26,30);3-10,15,20-21,28-29H,11-14H2,1-2H3,(H,25,30)/t15-,22+,23+;15?,18?,22-,23-;14-,20+,21+;15-,20+,21+/m0100/s1. The Labute approximate surface area is 798 Å². The molecule has 4 saturated heterocycles. The van der Waals surface area contributed by atoms with Gasteiger partial charge < -0.3 is 106 Å². The highest BCUT2D eigenvalue weighted by molar-refractivity contribution is 9.11. The molecule has 14 rings (SSSR count). The molecule has 698 valence electrons. The molecule has 13 atom stereocenters. The minimum atomic E-state index is -1.88. The number of aliphatic hydroxyl groups is 8. The first-order chi connectivity index (χ1) is 62.6. The lowest BCUT2D eigenvalue weighted by Crippen LogP contribution is -2.55. The fraction of sp³-hybridized carbons (Fsp3) is 0.385. The van der Waals surface area contributed by atoms with Crippen molar-refractivity contribution >= 4 is 151 Å². The summed E-state index contributed by atoms with van der Waals surface area (Å²) in [4.78, 5) is 127. The zero-order valence-electron chi connectivity index (χ0n) is 72.9. The number of benzene rings is 8. The van der Waals surface area contributed by atoms with Crippen LogP contribution in [0.4, 0.5) is 11.4 Å². The number of para-hydroxylation sites is 4. The highest BCUT2D eigenvalue weighted by Crippen LogP contribution is 2.36. The maximum atomic E-state index is 12.9. The molecule has 9 aromatic rings. The number of halogens is 5. The van der Waals surface area contributed by atoms with Gasteiger partial charge in [0.1, 0.15) is 17.6 Å². The Morgan fingerprint density at radius 1 is 0.420 bits per heavy atom. The van der Waals surface area contributed by atoms with E-state index >= 15 is 0 Å². The van der Waals surface area contributed by atoms with Gasteiger partial charge in [-0.3, -0.25) is 43.2 Å². The molecule has 2 unspecified atom stereocenters. The lowest BCUT2D eigenvalue weighted by Gasteiger charge is -2.38. The first-order valence-corrected chi connectivity index (χ1v) is 46.8. The van der Waals surface area contributed by atoms with Gasteiger partial charge in [-0.25, -0.2) is 0 Å². The molecule has 0 saturated carbocycles. The minimum absolute atomic E-state index is 0.0303. The van der Waals surface area contributed by atoms with Crippen LogP contribution in [0.25, 0.3) is 10.9 Å². The first-order valence-electron chi connectivity index (χ1n) is 43.3. The van der Waals surface area contributed by atoms with Crippen LogP contribution in [0.2, 0.25) is 5.02 Å². The van der Waals surface area contributed by atoms with Crippen LogP contribution in [0.15, 0.2) is 218 Å². The fourth-order valence-electron chi connectivity index (χ4n) is 16.1. The van der Waals surface area contributed by atoms with Gasteiger partial charge in [0.15, 0.2) is 48.8 Å². The number of carbonyl (C=O) groups excluding carboxylic acids is 9. The summed E-state index contributed by atoms with van der Waals surface area (Å²) in [5, 5.41) is 95.1. The summed E-state index contributed by atoms with van der Waals surface area (Å²) < 4.78 is 14.9. The Balaban J connectivity index is 0.000000169. The molecule has 0 bridgehead atoms. The van der Waals surface area contributed by atoms with Gasteiger partial charge in [0.05, 0.1) is 43.4 Å². The second-order valence-corrected chi connectivity index (χ2v) is 36.9. The second-order valence-electron chi connectivity index (χ2n) is 32.8. The van der Waals surface area contributed by atoms with E-state index in [2.05, 4.69) is 101 Å². The van der Waals surface area contributed by atoms with Crippen molar-refractivity contribution in [1.29, 1.82) is 0 Å². The predicted octanol–water partition coefficient (Wildman–Crippen LogP) is 9.94. The summed E-state index contributed by atoms with van der Waals surface area (Å²) >= 11 is 19.3. The van der Waals surface area contributed by atoms with Crippen molar-refractivity contribution in [1.82, 2.24) is 45.9 Å². The van der Waals surface area contributed by atoms with Crippen molar-refractivity contribution in [3.8, 4) is 11.5 Å². The lowest BCUT2D eigenvalue weighted by molar-refractivity contribution is -0.154. The van der Waals surface area contributed by atoms with Crippen LogP contribution in [0.5, 0.6) is 11.5 Å². The SMILES string of the molecule is CC(NC(=O)[C@H](O)[C@@H](O)C(=O)N1CCCC(c2cc3ccccc3[nH]2)C1)c1ccc(Br)cc1.COc1ccccc1N1CCN(C(=O)[C@H](O)[C@@H](O)C(=O)N[C@@H](C)c2ccc(Br)cc2)CC1.C[C@H](NC(=O)[C@H](O)[C@@H](O)C(=O)N1CCC(N2C(=O)Cc3ccccc32)CC1)c1ccc(Br)cc1.C[C@H](NC(=O)[C@H](O)[C@@H](O)C(=O)N1CCC(Oc2ccc(Cl)cc2)CC1)c1ccc(Br)cc1. The maximum absolute atomic E-state index is 12.9. The molecule has 6 heterocycles. The van der Waals surface area contributed by atoms with E-state index in [1.807, 2.05) is 175 Å². The maximum Gasteiger partial charge on any atom is 0.254 e. The van der Waals surface area contributed by atoms with E-state index in [1.54, 1.807) is 64.0 Å². The summed E-state index contributed by atoms with van der Waals surface area (Å²) in [6, 6.07) is 60.3. The van der Waals surface area contributed by atoms with Crippen LogP contribution in [0.3, 0.4) is 0 Å². The van der Waals surface area contributed by atoms with E-state index in [0.717, 1.165) is 92.3 Å². The summed E-state index contributed by atoms with van der Waals surface area (Å²) in [6.45, 7) is 11.1. The number of hydrogen-bond donors (Lipinski definition) is 13. The van der Waals surface area contributed by atoms with Crippen LogP contribution in [-0.2, 0) is 49.6 Å². The molecular weight excluding hydrogens is 1970 g/mol. The number of anilines is 2. The Bertz CT molecular complexity index is 5330. The molecule has 0 spiro atoms. The minimum Gasteiger partial charge on any atom is -0.495 e. The Kier molecular flexibility index (Phi) is 37.1. The number of piperazine rings is 1. The third-order valence-corrected chi connectivity index (χ3v) is 26.2. The number of nitrogens with zero attached hydrogens (tertiary/aromatic N) is 6. The van der Waals surface area contributed by atoms with E-state index in [9.17, 15) is 84.0 Å². The fourth-order valence-corrected chi connectivity index (χ4v) is 17.3. The number of aliphatic hydroxyl groups excluding tert-OH is 8. The number of aromatic nitrogens is 1. The molecule has 4 fully saturated rings. The molecule has 8 aromatic carbocycles. The number of hydrogen-bond acceptors (Lipinski definition) is 20.